The molecule has 2 nitrogen and oxygen atoms in total. The summed E-state index contributed by atoms with van der Waals surface area (Å²) in [5, 5.41) is 9.97. The third-order valence-electron chi connectivity index (χ3n) is 2.49. The second kappa shape index (κ2) is 4.89. The van der Waals surface area contributed by atoms with Crippen molar-refractivity contribution in [2.75, 3.05) is 0 Å². The van der Waals surface area contributed by atoms with E-state index in [4.69, 9.17) is 28.3 Å². The zero-order valence-corrected chi connectivity index (χ0v) is 10.3. The van der Waals surface area contributed by atoms with Crippen molar-refractivity contribution in [3.63, 3.8) is 0 Å². The number of carboxylic acids is 1. The van der Waals surface area contributed by atoms with Crippen LogP contribution in [0.1, 0.15) is 12.5 Å². The number of rotatable bonds is 4. The quantitative estimate of drug-likeness (QED) is 0.834. The maximum absolute atomic E-state index is 11.1. The summed E-state index contributed by atoms with van der Waals surface area (Å²) in [6.07, 6.45) is 1.76. The molecule has 0 fully saturated rings. The van der Waals surface area contributed by atoms with E-state index in [9.17, 15) is 4.79 Å². The predicted molar refractivity (Wildman–Crippen MR) is 66.1 cm³/mol. The van der Waals surface area contributed by atoms with Crippen molar-refractivity contribution in [3.8, 4) is 0 Å². The molecule has 0 saturated heterocycles. The van der Waals surface area contributed by atoms with Gasteiger partial charge in [0.1, 0.15) is 0 Å². The minimum absolute atomic E-state index is 0.336. The van der Waals surface area contributed by atoms with Gasteiger partial charge in [0.05, 0.1) is 15.5 Å². The lowest BCUT2D eigenvalue weighted by Crippen LogP contribution is -2.27. The SMILES string of the molecule is C=CC(C)(Cc1ccc(Cl)c(Cl)c1)C(=O)O. The molecule has 0 aromatic heterocycles. The molecule has 0 saturated carbocycles. The summed E-state index contributed by atoms with van der Waals surface area (Å²) in [7, 11) is 0. The first-order valence-corrected chi connectivity index (χ1v) is 5.45. The predicted octanol–water partition coefficient (Wildman–Crippen LogP) is 3.81. The van der Waals surface area contributed by atoms with E-state index in [1.54, 1.807) is 25.1 Å². The molecule has 16 heavy (non-hydrogen) atoms. The van der Waals surface area contributed by atoms with Crippen LogP contribution in [0.25, 0.3) is 0 Å². The average molecular weight is 259 g/mol. The van der Waals surface area contributed by atoms with Crippen LogP contribution in [0.3, 0.4) is 0 Å². The molecule has 0 radical (unpaired) electrons. The first-order valence-electron chi connectivity index (χ1n) is 4.70. The van der Waals surface area contributed by atoms with Crippen LogP contribution in [-0.2, 0) is 11.2 Å². The lowest BCUT2D eigenvalue weighted by molar-refractivity contribution is -0.145. The normalized spacial score (nSPS) is 14.2. The van der Waals surface area contributed by atoms with Crippen molar-refractivity contribution >= 4 is 29.2 Å². The topological polar surface area (TPSA) is 37.3 Å². The third kappa shape index (κ3) is 2.77. The Morgan fingerprint density at radius 1 is 1.50 bits per heavy atom. The van der Waals surface area contributed by atoms with Crippen LogP contribution in [0.15, 0.2) is 30.9 Å². The Balaban J connectivity index is 2.99. The Morgan fingerprint density at radius 3 is 2.56 bits per heavy atom. The van der Waals surface area contributed by atoms with Gasteiger partial charge in [-0.05, 0) is 31.0 Å². The summed E-state index contributed by atoms with van der Waals surface area (Å²) >= 11 is 11.6. The molecule has 0 aliphatic rings. The molecule has 0 spiro atoms. The lowest BCUT2D eigenvalue weighted by Gasteiger charge is -2.20. The zero-order chi connectivity index (χ0) is 12.3. The van der Waals surface area contributed by atoms with E-state index in [1.165, 1.54) is 6.08 Å². The molecular weight excluding hydrogens is 247 g/mol. The van der Waals surface area contributed by atoms with Gasteiger partial charge in [-0.3, -0.25) is 4.79 Å². The summed E-state index contributed by atoms with van der Waals surface area (Å²) in [6, 6.07) is 5.10. The molecule has 1 aromatic carbocycles. The second-order valence-electron chi connectivity index (χ2n) is 3.85. The van der Waals surface area contributed by atoms with Crippen molar-refractivity contribution in [2.45, 2.75) is 13.3 Å². The summed E-state index contributed by atoms with van der Waals surface area (Å²) < 4.78 is 0. The van der Waals surface area contributed by atoms with Crippen LogP contribution in [0.5, 0.6) is 0 Å². The first-order chi connectivity index (χ1) is 7.39. The average Bonchev–Trinajstić information content (AvgIpc) is 2.23. The Bertz CT molecular complexity index is 429. The van der Waals surface area contributed by atoms with Crippen molar-refractivity contribution in [3.05, 3.63) is 46.5 Å². The van der Waals surface area contributed by atoms with Gasteiger partial charge in [-0.15, -0.1) is 6.58 Å². The maximum Gasteiger partial charge on any atom is 0.313 e. The Kier molecular flexibility index (Phi) is 4.00. The molecule has 0 aliphatic heterocycles. The highest BCUT2D eigenvalue weighted by molar-refractivity contribution is 6.42. The fourth-order valence-corrected chi connectivity index (χ4v) is 1.63. The minimum atomic E-state index is -0.989. The van der Waals surface area contributed by atoms with Gasteiger partial charge in [-0.1, -0.05) is 35.3 Å². The van der Waals surface area contributed by atoms with Gasteiger partial charge < -0.3 is 5.11 Å². The largest absolute Gasteiger partial charge is 0.481 e. The third-order valence-corrected chi connectivity index (χ3v) is 3.23. The minimum Gasteiger partial charge on any atom is -0.481 e. The molecule has 1 aromatic rings. The van der Waals surface area contributed by atoms with Crippen LogP contribution in [-0.4, -0.2) is 11.1 Å². The van der Waals surface area contributed by atoms with E-state index >= 15 is 0 Å². The van der Waals surface area contributed by atoms with Gasteiger partial charge in [0.15, 0.2) is 0 Å². The van der Waals surface area contributed by atoms with Crippen molar-refractivity contribution in [2.24, 2.45) is 5.41 Å². The number of carbonyl (C=O) groups is 1. The van der Waals surface area contributed by atoms with Crippen molar-refractivity contribution < 1.29 is 9.90 Å². The molecule has 0 heterocycles. The van der Waals surface area contributed by atoms with Crippen LogP contribution in [0, 0.1) is 5.41 Å². The van der Waals surface area contributed by atoms with Gasteiger partial charge in [0, 0.05) is 0 Å². The van der Waals surface area contributed by atoms with Gasteiger partial charge in [0.2, 0.25) is 0 Å². The monoisotopic (exact) mass is 258 g/mol. The molecule has 86 valence electrons. The van der Waals surface area contributed by atoms with Crippen LogP contribution < -0.4 is 0 Å². The highest BCUT2D eigenvalue weighted by atomic mass is 35.5. The van der Waals surface area contributed by atoms with E-state index in [0.29, 0.717) is 16.5 Å². The summed E-state index contributed by atoms with van der Waals surface area (Å²) in [6.45, 7) is 5.17. The summed E-state index contributed by atoms with van der Waals surface area (Å²) in [5.74, 6) is -0.909. The van der Waals surface area contributed by atoms with Gasteiger partial charge in [0.25, 0.3) is 0 Å². The van der Waals surface area contributed by atoms with Gasteiger partial charge >= 0.3 is 5.97 Å². The number of hydrogen-bond donors (Lipinski definition) is 1. The molecule has 1 atom stereocenters. The molecule has 1 unspecified atom stereocenters. The fraction of sp³-hybridized carbons (Fsp3) is 0.250. The van der Waals surface area contributed by atoms with Crippen molar-refractivity contribution in [1.82, 2.24) is 0 Å². The van der Waals surface area contributed by atoms with Crippen LogP contribution in [0.2, 0.25) is 10.0 Å². The number of halogens is 2. The first kappa shape index (κ1) is 13.1. The number of carboxylic acid groups (broad SMARTS) is 1. The van der Waals surface area contributed by atoms with Crippen LogP contribution in [0.4, 0.5) is 0 Å². The summed E-state index contributed by atoms with van der Waals surface area (Å²) in [5.41, 5.74) is -0.170. The Hall–Kier alpha value is -0.990. The highest BCUT2D eigenvalue weighted by Crippen LogP contribution is 2.28. The fourth-order valence-electron chi connectivity index (χ4n) is 1.31. The lowest BCUT2D eigenvalue weighted by atomic mass is 9.84. The smallest absolute Gasteiger partial charge is 0.313 e. The second-order valence-corrected chi connectivity index (χ2v) is 4.67. The summed E-state index contributed by atoms with van der Waals surface area (Å²) in [4.78, 5) is 11.1. The molecular formula is C12H12Cl2O2. The zero-order valence-electron chi connectivity index (χ0n) is 8.84. The molecule has 0 bridgehead atoms. The standard InChI is InChI=1S/C12H12Cl2O2/c1-3-12(2,11(15)16)7-8-4-5-9(13)10(14)6-8/h3-6H,1,7H2,2H3,(H,15,16). The van der Waals surface area contributed by atoms with Gasteiger partial charge in [-0.25, -0.2) is 0 Å². The molecule has 0 amide bonds. The Morgan fingerprint density at radius 2 is 2.12 bits per heavy atom. The van der Waals surface area contributed by atoms with E-state index < -0.39 is 11.4 Å². The number of aliphatic carboxylic acids is 1. The van der Waals surface area contributed by atoms with Crippen LogP contribution >= 0.6 is 23.2 Å². The van der Waals surface area contributed by atoms with E-state index in [1.807, 2.05) is 0 Å². The molecule has 4 heteroatoms. The Labute approximate surface area is 104 Å². The highest BCUT2D eigenvalue weighted by Gasteiger charge is 2.29. The molecule has 1 rings (SSSR count). The van der Waals surface area contributed by atoms with Gasteiger partial charge in [-0.2, -0.15) is 0 Å². The van der Waals surface area contributed by atoms with Crippen molar-refractivity contribution in [1.29, 1.82) is 0 Å². The molecule has 0 aliphatic carbocycles. The van der Waals surface area contributed by atoms with E-state index in [2.05, 4.69) is 6.58 Å². The maximum atomic E-state index is 11.1. The molecule has 1 N–H and O–H groups in total. The number of benzene rings is 1. The number of hydrogen-bond acceptors (Lipinski definition) is 1. The van der Waals surface area contributed by atoms with E-state index in [0.717, 1.165) is 5.56 Å². The van der Waals surface area contributed by atoms with E-state index in [-0.39, 0.29) is 0 Å².